The van der Waals surface area contributed by atoms with E-state index in [1.807, 2.05) is 12.1 Å². The van der Waals surface area contributed by atoms with Gasteiger partial charge in [-0.2, -0.15) is 0 Å². The number of anilines is 1. The number of fused-ring (bicyclic) bond motifs is 3. The van der Waals surface area contributed by atoms with E-state index in [0.717, 1.165) is 35.2 Å². The molecule has 0 bridgehead atoms. The average Bonchev–Trinajstić information content (AvgIpc) is 3.20. The molecule has 3 aromatic heterocycles. The number of aromatic nitrogens is 2. The van der Waals surface area contributed by atoms with Crippen LogP contribution in [0.3, 0.4) is 0 Å². The lowest BCUT2D eigenvalue weighted by atomic mass is 10.1. The zero-order chi connectivity index (χ0) is 17.9. The molecule has 0 aliphatic heterocycles. The molecule has 0 amide bonds. The molecule has 6 nitrogen and oxygen atoms in total. The Labute approximate surface area is 155 Å². The van der Waals surface area contributed by atoms with Gasteiger partial charge in [-0.1, -0.05) is 6.42 Å². The van der Waals surface area contributed by atoms with Crippen molar-refractivity contribution in [3.63, 3.8) is 0 Å². The van der Waals surface area contributed by atoms with Gasteiger partial charge in [-0.25, -0.2) is 4.98 Å². The summed E-state index contributed by atoms with van der Waals surface area (Å²) in [4.78, 5) is 20.3. The summed E-state index contributed by atoms with van der Waals surface area (Å²) >= 11 is 1.66. The van der Waals surface area contributed by atoms with Gasteiger partial charge in [-0.05, 0) is 49.8 Å². The molecule has 0 radical (unpaired) electrons. The fraction of sp³-hybridized carbons (Fsp3) is 0.474. The molecular formula is C19H23N3O3S. The first-order valence-corrected chi connectivity index (χ1v) is 10.0. The Morgan fingerprint density at radius 1 is 1.31 bits per heavy atom. The molecule has 3 heterocycles. The predicted octanol–water partition coefficient (Wildman–Crippen LogP) is 3.16. The summed E-state index contributed by atoms with van der Waals surface area (Å²) in [7, 11) is 0. The molecular weight excluding hydrogens is 350 g/mol. The maximum Gasteiger partial charge on any atom is 0.264 e. The van der Waals surface area contributed by atoms with Gasteiger partial charge in [0, 0.05) is 18.0 Å². The standard InChI is InChI=1S/C19H23N3O3S/c23-10-5-9-20-19-21-17-16(14-7-2-1-3-8-15(14)26-17)18(24)22(19)12-13-6-4-11-25-13/h4,6,11,23H,1-3,5,7-10,12H2,(H,20,21). The third-order valence-corrected chi connectivity index (χ3v) is 6.02. The third-order valence-electron chi connectivity index (χ3n) is 4.84. The van der Waals surface area contributed by atoms with Gasteiger partial charge in [0.05, 0.1) is 18.2 Å². The Balaban J connectivity index is 1.83. The largest absolute Gasteiger partial charge is 0.467 e. The first-order valence-electron chi connectivity index (χ1n) is 9.20. The lowest BCUT2D eigenvalue weighted by Gasteiger charge is -2.13. The van der Waals surface area contributed by atoms with E-state index >= 15 is 0 Å². The van der Waals surface area contributed by atoms with Crippen molar-refractivity contribution in [3.8, 4) is 0 Å². The quantitative estimate of drug-likeness (QED) is 0.512. The van der Waals surface area contributed by atoms with Crippen molar-refractivity contribution >= 4 is 27.5 Å². The van der Waals surface area contributed by atoms with Crippen molar-refractivity contribution in [2.45, 2.75) is 45.1 Å². The summed E-state index contributed by atoms with van der Waals surface area (Å²) in [6.07, 6.45) is 7.76. The van der Waals surface area contributed by atoms with Crippen LogP contribution in [0.5, 0.6) is 0 Å². The topological polar surface area (TPSA) is 80.3 Å². The van der Waals surface area contributed by atoms with Gasteiger partial charge in [0.15, 0.2) is 0 Å². The molecule has 1 aliphatic carbocycles. The summed E-state index contributed by atoms with van der Waals surface area (Å²) in [6, 6.07) is 3.68. The molecule has 0 aromatic carbocycles. The van der Waals surface area contributed by atoms with E-state index in [2.05, 4.69) is 5.32 Å². The molecule has 0 fully saturated rings. The van der Waals surface area contributed by atoms with Crippen molar-refractivity contribution in [3.05, 3.63) is 45.0 Å². The predicted molar refractivity (Wildman–Crippen MR) is 103 cm³/mol. The number of furan rings is 1. The molecule has 26 heavy (non-hydrogen) atoms. The molecule has 0 saturated heterocycles. The van der Waals surface area contributed by atoms with E-state index in [-0.39, 0.29) is 12.2 Å². The van der Waals surface area contributed by atoms with Gasteiger partial charge in [0.1, 0.15) is 10.6 Å². The minimum Gasteiger partial charge on any atom is -0.467 e. The minimum atomic E-state index is -0.00250. The van der Waals surface area contributed by atoms with E-state index in [9.17, 15) is 4.79 Å². The van der Waals surface area contributed by atoms with E-state index in [1.165, 1.54) is 23.3 Å². The normalized spacial score (nSPS) is 14.3. The van der Waals surface area contributed by atoms with Gasteiger partial charge in [-0.15, -0.1) is 11.3 Å². The molecule has 0 atom stereocenters. The van der Waals surface area contributed by atoms with Crippen LogP contribution in [0.2, 0.25) is 0 Å². The molecule has 138 valence electrons. The van der Waals surface area contributed by atoms with Gasteiger partial charge in [0.25, 0.3) is 5.56 Å². The SMILES string of the molecule is O=c1c2c3c(sc2nc(NCCCO)n1Cc1ccco1)CCCCC3. The van der Waals surface area contributed by atoms with Crippen LogP contribution >= 0.6 is 11.3 Å². The molecule has 0 unspecified atom stereocenters. The van der Waals surface area contributed by atoms with Crippen LogP contribution in [0.1, 0.15) is 41.9 Å². The second-order valence-corrected chi connectivity index (χ2v) is 7.74. The van der Waals surface area contributed by atoms with Crippen molar-refractivity contribution in [2.75, 3.05) is 18.5 Å². The first-order chi connectivity index (χ1) is 12.8. The second-order valence-electron chi connectivity index (χ2n) is 6.65. The Morgan fingerprint density at radius 2 is 2.19 bits per heavy atom. The van der Waals surface area contributed by atoms with Crippen LogP contribution in [0, 0.1) is 0 Å². The number of aliphatic hydroxyl groups excluding tert-OH is 1. The Morgan fingerprint density at radius 3 is 3.00 bits per heavy atom. The molecule has 2 N–H and O–H groups in total. The van der Waals surface area contributed by atoms with Crippen molar-refractivity contribution in [1.29, 1.82) is 0 Å². The van der Waals surface area contributed by atoms with E-state index in [4.69, 9.17) is 14.5 Å². The zero-order valence-corrected chi connectivity index (χ0v) is 15.5. The highest BCUT2D eigenvalue weighted by molar-refractivity contribution is 7.18. The van der Waals surface area contributed by atoms with Crippen molar-refractivity contribution in [1.82, 2.24) is 9.55 Å². The van der Waals surface area contributed by atoms with E-state index in [0.29, 0.717) is 25.5 Å². The molecule has 3 aromatic rings. The highest BCUT2D eigenvalue weighted by Crippen LogP contribution is 2.33. The fourth-order valence-corrected chi connectivity index (χ4v) is 4.79. The summed E-state index contributed by atoms with van der Waals surface area (Å²) in [5.74, 6) is 1.27. The number of aryl methyl sites for hydroxylation is 2. The van der Waals surface area contributed by atoms with Crippen LogP contribution in [-0.4, -0.2) is 27.8 Å². The lowest BCUT2D eigenvalue weighted by Crippen LogP contribution is -2.26. The second kappa shape index (κ2) is 7.63. The number of aliphatic hydroxyl groups is 1. The molecule has 0 saturated carbocycles. The minimum absolute atomic E-state index is 0.00250. The number of thiophene rings is 1. The zero-order valence-electron chi connectivity index (χ0n) is 14.7. The highest BCUT2D eigenvalue weighted by atomic mass is 32.1. The number of hydrogen-bond donors (Lipinski definition) is 2. The van der Waals surface area contributed by atoms with Gasteiger partial charge in [-0.3, -0.25) is 9.36 Å². The lowest BCUT2D eigenvalue weighted by molar-refractivity contribution is 0.292. The average molecular weight is 373 g/mol. The Hall–Kier alpha value is -2.12. The number of nitrogens with one attached hydrogen (secondary N) is 1. The third kappa shape index (κ3) is 3.29. The first kappa shape index (κ1) is 17.3. The van der Waals surface area contributed by atoms with Crippen molar-refractivity contribution in [2.24, 2.45) is 0 Å². The number of hydrogen-bond acceptors (Lipinski definition) is 6. The Kier molecular flexibility index (Phi) is 5.08. The van der Waals surface area contributed by atoms with Gasteiger partial charge < -0.3 is 14.8 Å². The van der Waals surface area contributed by atoms with Gasteiger partial charge in [0.2, 0.25) is 5.95 Å². The van der Waals surface area contributed by atoms with Crippen LogP contribution < -0.4 is 10.9 Å². The molecule has 7 heteroatoms. The molecule has 0 spiro atoms. The number of rotatable bonds is 6. The van der Waals surface area contributed by atoms with E-state index < -0.39 is 0 Å². The van der Waals surface area contributed by atoms with E-state index in [1.54, 1.807) is 22.2 Å². The monoisotopic (exact) mass is 373 g/mol. The highest BCUT2D eigenvalue weighted by Gasteiger charge is 2.21. The van der Waals surface area contributed by atoms with Crippen LogP contribution in [0.25, 0.3) is 10.2 Å². The summed E-state index contributed by atoms with van der Waals surface area (Å²) < 4.78 is 7.11. The molecule has 1 aliphatic rings. The fourth-order valence-electron chi connectivity index (χ4n) is 3.53. The molecule has 4 rings (SSSR count). The summed E-state index contributed by atoms with van der Waals surface area (Å²) in [6.45, 7) is 1.02. The smallest absolute Gasteiger partial charge is 0.264 e. The maximum atomic E-state index is 13.4. The summed E-state index contributed by atoms with van der Waals surface area (Å²) in [5.41, 5.74) is 1.20. The van der Waals surface area contributed by atoms with Crippen LogP contribution in [0.15, 0.2) is 27.6 Å². The van der Waals surface area contributed by atoms with Crippen LogP contribution in [0.4, 0.5) is 5.95 Å². The summed E-state index contributed by atoms with van der Waals surface area (Å²) in [5, 5.41) is 13.0. The number of nitrogens with zero attached hydrogens (tertiary/aromatic N) is 2. The van der Waals surface area contributed by atoms with Crippen molar-refractivity contribution < 1.29 is 9.52 Å². The van der Waals surface area contributed by atoms with Crippen LogP contribution in [-0.2, 0) is 19.4 Å². The Bertz CT molecular complexity index is 943. The maximum absolute atomic E-state index is 13.4. The van der Waals surface area contributed by atoms with Gasteiger partial charge >= 0.3 is 0 Å².